The Morgan fingerprint density at radius 3 is 2.72 bits per heavy atom. The second-order valence-electron chi connectivity index (χ2n) is 5.04. The van der Waals surface area contributed by atoms with Crippen LogP contribution in [-0.2, 0) is 14.3 Å². The van der Waals surface area contributed by atoms with Gasteiger partial charge in [-0.2, -0.15) is 0 Å². The monoisotopic (exact) mass is 387 g/mol. The highest BCUT2D eigenvalue weighted by Crippen LogP contribution is 2.23. The number of morpholine rings is 1. The molecule has 0 amide bonds. The molecule has 6 heteroatoms. The van der Waals surface area contributed by atoms with Gasteiger partial charge in [0, 0.05) is 18.8 Å². The molecule has 1 aliphatic rings. The molecule has 0 aliphatic carbocycles. The molecule has 0 N–H and O–H groups in total. The van der Waals surface area contributed by atoms with Crippen LogP contribution >= 0.6 is 30.1 Å². The van der Waals surface area contributed by atoms with Gasteiger partial charge in [-0.05, 0) is 48.0 Å². The van der Waals surface area contributed by atoms with Gasteiger partial charge in [-0.15, -0.1) is 0 Å². The summed E-state index contributed by atoms with van der Waals surface area (Å²) in [6, 6.07) is 0. The number of ether oxygens (including phenoxy) is 2. The minimum absolute atomic E-state index is 0.0822. The highest BCUT2D eigenvalue weighted by atomic mass is 127. The Kier molecular flexibility index (Phi) is 7.90. The average molecular weight is 387 g/mol. The SMILES string of the molecule is CC(C)(CCN1CCOCC1)C(=O)OCCSI. The summed E-state index contributed by atoms with van der Waals surface area (Å²) >= 11 is 2.21. The summed E-state index contributed by atoms with van der Waals surface area (Å²) in [5, 5.41) is 0. The highest BCUT2D eigenvalue weighted by Gasteiger charge is 2.29. The number of nitrogens with zero attached hydrogens (tertiary/aromatic N) is 1. The van der Waals surface area contributed by atoms with Crippen molar-refractivity contribution >= 4 is 36.1 Å². The van der Waals surface area contributed by atoms with Crippen LogP contribution in [0.15, 0.2) is 0 Å². The Balaban J connectivity index is 2.26. The van der Waals surface area contributed by atoms with Gasteiger partial charge in [0.25, 0.3) is 0 Å². The van der Waals surface area contributed by atoms with E-state index in [9.17, 15) is 4.79 Å². The smallest absolute Gasteiger partial charge is 0.311 e. The molecule has 0 saturated carbocycles. The molecular weight excluding hydrogens is 365 g/mol. The van der Waals surface area contributed by atoms with Crippen molar-refractivity contribution in [2.45, 2.75) is 20.3 Å². The van der Waals surface area contributed by atoms with E-state index in [0.29, 0.717) is 6.61 Å². The molecule has 1 aliphatic heterocycles. The van der Waals surface area contributed by atoms with Crippen molar-refractivity contribution in [1.29, 1.82) is 0 Å². The molecule has 0 unspecified atom stereocenters. The molecule has 0 radical (unpaired) electrons. The first kappa shape index (κ1) is 16.5. The van der Waals surface area contributed by atoms with Crippen molar-refractivity contribution in [1.82, 2.24) is 4.90 Å². The van der Waals surface area contributed by atoms with Gasteiger partial charge in [-0.3, -0.25) is 9.69 Å². The summed E-state index contributed by atoms with van der Waals surface area (Å²) in [7, 11) is 1.66. The zero-order valence-corrected chi connectivity index (χ0v) is 14.1. The van der Waals surface area contributed by atoms with Crippen molar-refractivity contribution in [2.75, 3.05) is 45.2 Å². The minimum Gasteiger partial charge on any atom is -0.464 e. The van der Waals surface area contributed by atoms with Crippen molar-refractivity contribution in [3.05, 3.63) is 0 Å². The third kappa shape index (κ3) is 6.08. The topological polar surface area (TPSA) is 38.8 Å². The largest absolute Gasteiger partial charge is 0.464 e. The lowest BCUT2D eigenvalue weighted by Gasteiger charge is -2.30. The Bertz CT molecular complexity index is 258. The maximum Gasteiger partial charge on any atom is 0.311 e. The van der Waals surface area contributed by atoms with Crippen LogP contribution in [0, 0.1) is 5.41 Å². The lowest BCUT2D eigenvalue weighted by atomic mass is 9.89. The maximum absolute atomic E-state index is 11.9. The highest BCUT2D eigenvalue weighted by molar-refractivity contribution is 14.2. The fraction of sp³-hybridized carbons (Fsp3) is 0.917. The molecule has 0 spiro atoms. The van der Waals surface area contributed by atoms with E-state index in [1.165, 1.54) is 0 Å². The van der Waals surface area contributed by atoms with Crippen LogP contribution in [0.5, 0.6) is 0 Å². The van der Waals surface area contributed by atoms with E-state index in [4.69, 9.17) is 9.47 Å². The van der Waals surface area contributed by atoms with E-state index in [-0.39, 0.29) is 5.97 Å². The van der Waals surface area contributed by atoms with Crippen LogP contribution in [-0.4, -0.2) is 56.1 Å². The van der Waals surface area contributed by atoms with Crippen molar-refractivity contribution in [2.24, 2.45) is 5.41 Å². The molecule has 0 bridgehead atoms. The zero-order chi connectivity index (χ0) is 13.4. The Morgan fingerprint density at radius 1 is 1.44 bits per heavy atom. The summed E-state index contributed by atoms with van der Waals surface area (Å²) in [6.45, 7) is 8.92. The van der Waals surface area contributed by atoms with Crippen LogP contribution in [0.3, 0.4) is 0 Å². The quantitative estimate of drug-likeness (QED) is 0.381. The van der Waals surface area contributed by atoms with Gasteiger partial charge >= 0.3 is 5.97 Å². The first-order chi connectivity index (χ1) is 8.56. The van der Waals surface area contributed by atoms with Gasteiger partial charge in [0.1, 0.15) is 6.61 Å². The normalized spacial score (nSPS) is 17.7. The van der Waals surface area contributed by atoms with E-state index in [1.807, 2.05) is 13.8 Å². The molecule has 1 fully saturated rings. The summed E-state index contributed by atoms with van der Waals surface area (Å²) in [5.74, 6) is 0.771. The molecule has 0 aromatic heterocycles. The predicted octanol–water partition coefficient (Wildman–Crippen LogP) is 2.36. The van der Waals surface area contributed by atoms with Crippen molar-refractivity contribution < 1.29 is 14.3 Å². The average Bonchev–Trinajstić information content (AvgIpc) is 2.38. The molecule has 1 saturated heterocycles. The maximum atomic E-state index is 11.9. The van der Waals surface area contributed by atoms with Gasteiger partial charge in [0.2, 0.25) is 0 Å². The number of rotatable bonds is 7. The molecule has 1 rings (SSSR count). The van der Waals surface area contributed by atoms with E-state index in [2.05, 4.69) is 26.1 Å². The molecule has 1 heterocycles. The third-order valence-corrected chi connectivity index (χ3v) is 4.75. The fourth-order valence-corrected chi connectivity index (χ4v) is 2.41. The van der Waals surface area contributed by atoms with Gasteiger partial charge in [-0.25, -0.2) is 0 Å². The van der Waals surface area contributed by atoms with Gasteiger partial charge in [-0.1, -0.05) is 8.93 Å². The molecular formula is C12H22INO3S. The second-order valence-corrected chi connectivity index (χ2v) is 7.53. The lowest BCUT2D eigenvalue weighted by Crippen LogP contribution is -2.39. The van der Waals surface area contributed by atoms with E-state index in [0.717, 1.165) is 45.0 Å². The Morgan fingerprint density at radius 2 is 2.11 bits per heavy atom. The Hall–Kier alpha value is 0.470. The first-order valence-electron chi connectivity index (χ1n) is 6.27. The van der Waals surface area contributed by atoms with Crippen LogP contribution in [0.2, 0.25) is 0 Å². The Labute approximate surface area is 126 Å². The van der Waals surface area contributed by atoms with E-state index < -0.39 is 5.41 Å². The minimum atomic E-state index is -0.395. The number of hydrogen-bond donors (Lipinski definition) is 0. The molecule has 0 aromatic carbocycles. The number of halogens is 1. The summed E-state index contributed by atoms with van der Waals surface area (Å²) in [5.41, 5.74) is -0.395. The zero-order valence-electron chi connectivity index (χ0n) is 11.1. The standard InChI is InChI=1S/C12H22INO3S/c1-12(2,11(15)17-9-10-18-13)3-4-14-5-7-16-8-6-14/h3-10H2,1-2H3. The van der Waals surface area contributed by atoms with Gasteiger partial charge < -0.3 is 9.47 Å². The van der Waals surface area contributed by atoms with Gasteiger partial charge in [0.15, 0.2) is 0 Å². The predicted molar refractivity (Wildman–Crippen MR) is 83.1 cm³/mol. The molecule has 18 heavy (non-hydrogen) atoms. The van der Waals surface area contributed by atoms with E-state index in [1.54, 1.807) is 8.93 Å². The molecule has 106 valence electrons. The van der Waals surface area contributed by atoms with Crippen LogP contribution < -0.4 is 0 Å². The third-order valence-electron chi connectivity index (χ3n) is 3.10. The van der Waals surface area contributed by atoms with Crippen LogP contribution in [0.25, 0.3) is 0 Å². The van der Waals surface area contributed by atoms with Crippen molar-refractivity contribution in [3.8, 4) is 0 Å². The molecule has 0 aromatic rings. The van der Waals surface area contributed by atoms with Crippen molar-refractivity contribution in [3.63, 3.8) is 0 Å². The first-order valence-corrected chi connectivity index (χ1v) is 9.80. The van der Waals surface area contributed by atoms with Gasteiger partial charge in [0.05, 0.1) is 18.6 Å². The number of carbonyl (C=O) groups is 1. The van der Waals surface area contributed by atoms with Crippen LogP contribution in [0.4, 0.5) is 0 Å². The number of esters is 1. The summed E-state index contributed by atoms with van der Waals surface area (Å²) in [6.07, 6.45) is 0.837. The number of carbonyl (C=O) groups excluding carboxylic acids is 1. The second kappa shape index (κ2) is 8.60. The molecule has 4 nitrogen and oxygen atoms in total. The fourth-order valence-electron chi connectivity index (χ4n) is 1.73. The van der Waals surface area contributed by atoms with Crippen LogP contribution in [0.1, 0.15) is 20.3 Å². The summed E-state index contributed by atoms with van der Waals surface area (Å²) in [4.78, 5) is 14.3. The summed E-state index contributed by atoms with van der Waals surface area (Å²) < 4.78 is 10.6. The molecule has 0 atom stereocenters. The lowest BCUT2D eigenvalue weighted by molar-refractivity contribution is -0.153. The van der Waals surface area contributed by atoms with E-state index >= 15 is 0 Å². The number of hydrogen-bond acceptors (Lipinski definition) is 5.